The molecule has 0 radical (unpaired) electrons. The molecular formula is C20H30INO3. The van der Waals surface area contributed by atoms with Gasteiger partial charge in [0, 0.05) is 6.04 Å². The van der Waals surface area contributed by atoms with Crippen LogP contribution in [0, 0.1) is 34.5 Å². The number of ether oxygens (including phenoxy) is 1. The summed E-state index contributed by atoms with van der Waals surface area (Å²) in [5.41, 5.74) is 0.326. The highest BCUT2D eigenvalue weighted by Gasteiger charge is 2.62. The predicted octanol–water partition coefficient (Wildman–Crippen LogP) is 3.71. The van der Waals surface area contributed by atoms with Crippen molar-refractivity contribution in [1.29, 1.82) is 0 Å². The van der Waals surface area contributed by atoms with Gasteiger partial charge in [0.05, 0.1) is 17.0 Å². The van der Waals surface area contributed by atoms with E-state index in [1.807, 2.05) is 0 Å². The van der Waals surface area contributed by atoms with E-state index in [1.54, 1.807) is 0 Å². The SMILES string of the molecule is COC(=O)C1CC[C@H]2[C@@H]3CCC4NC(=O)C(I)C[C@]4(C)[C@@H]3CC[C@]12C. The lowest BCUT2D eigenvalue weighted by Crippen LogP contribution is -2.63. The van der Waals surface area contributed by atoms with Crippen LogP contribution in [0.2, 0.25) is 0 Å². The van der Waals surface area contributed by atoms with Crippen molar-refractivity contribution in [2.75, 3.05) is 7.11 Å². The average molecular weight is 459 g/mol. The van der Waals surface area contributed by atoms with Crippen LogP contribution >= 0.6 is 22.6 Å². The number of esters is 1. The van der Waals surface area contributed by atoms with Crippen LogP contribution in [0.25, 0.3) is 0 Å². The molecule has 0 aromatic rings. The lowest BCUT2D eigenvalue weighted by molar-refractivity contribution is -0.155. The molecular weight excluding hydrogens is 429 g/mol. The number of alkyl halides is 1. The summed E-state index contributed by atoms with van der Waals surface area (Å²) >= 11 is 2.32. The van der Waals surface area contributed by atoms with Crippen LogP contribution in [0.1, 0.15) is 58.8 Å². The highest BCUT2D eigenvalue weighted by Crippen LogP contribution is 2.65. The summed E-state index contributed by atoms with van der Waals surface area (Å²) in [7, 11) is 1.53. The fraction of sp³-hybridized carbons (Fsp3) is 0.900. The lowest BCUT2D eigenvalue weighted by atomic mass is 9.47. The Hall–Kier alpha value is -0.330. The van der Waals surface area contributed by atoms with Crippen molar-refractivity contribution in [2.45, 2.75) is 68.8 Å². The van der Waals surface area contributed by atoms with Crippen molar-refractivity contribution in [3.05, 3.63) is 0 Å². The second-order valence-corrected chi connectivity index (χ2v) is 10.9. The summed E-state index contributed by atoms with van der Waals surface area (Å²) < 4.78 is 5.22. The molecule has 8 atom stereocenters. The normalized spacial score (nSPS) is 51.8. The van der Waals surface area contributed by atoms with Crippen molar-refractivity contribution in [2.24, 2.45) is 34.5 Å². The zero-order chi connectivity index (χ0) is 18.0. The molecule has 4 aliphatic rings. The van der Waals surface area contributed by atoms with Crippen LogP contribution in [0.5, 0.6) is 0 Å². The van der Waals surface area contributed by atoms with Crippen molar-refractivity contribution in [3.8, 4) is 0 Å². The quantitative estimate of drug-likeness (QED) is 0.370. The van der Waals surface area contributed by atoms with E-state index in [4.69, 9.17) is 4.74 Å². The standard InChI is InChI=1S/C20H30INO3/c1-19-9-8-13-11(12(19)5-6-14(19)18(24)25-3)4-7-16-20(13,2)10-15(21)17(23)22-16/h11-16H,4-10H2,1-3H3,(H,22,23)/t11-,12-,13+,14?,15?,16?,19-,20+/m0/s1. The van der Waals surface area contributed by atoms with Gasteiger partial charge in [0.25, 0.3) is 0 Å². The van der Waals surface area contributed by atoms with E-state index in [9.17, 15) is 9.59 Å². The third kappa shape index (κ3) is 2.50. The number of piperidine rings is 1. The maximum absolute atomic E-state index is 12.3. The van der Waals surface area contributed by atoms with E-state index in [0.29, 0.717) is 23.8 Å². The van der Waals surface area contributed by atoms with E-state index < -0.39 is 0 Å². The van der Waals surface area contributed by atoms with Crippen LogP contribution in [-0.2, 0) is 14.3 Å². The lowest BCUT2D eigenvalue weighted by Gasteiger charge is -2.60. The summed E-state index contributed by atoms with van der Waals surface area (Å²) in [5.74, 6) is 2.33. The van der Waals surface area contributed by atoms with Crippen LogP contribution in [0.4, 0.5) is 0 Å². The molecule has 3 unspecified atom stereocenters. The van der Waals surface area contributed by atoms with E-state index >= 15 is 0 Å². The van der Waals surface area contributed by atoms with Gasteiger partial charge in [-0.1, -0.05) is 36.4 Å². The molecule has 4 nitrogen and oxygen atoms in total. The monoisotopic (exact) mass is 459 g/mol. The van der Waals surface area contributed by atoms with Gasteiger partial charge in [-0.15, -0.1) is 0 Å². The molecule has 1 saturated heterocycles. The predicted molar refractivity (Wildman–Crippen MR) is 104 cm³/mol. The Morgan fingerprint density at radius 3 is 2.56 bits per heavy atom. The van der Waals surface area contributed by atoms with E-state index in [1.165, 1.54) is 20.0 Å². The van der Waals surface area contributed by atoms with Gasteiger partial charge in [-0.25, -0.2) is 0 Å². The maximum Gasteiger partial charge on any atom is 0.309 e. The van der Waals surface area contributed by atoms with Crippen molar-refractivity contribution in [1.82, 2.24) is 5.32 Å². The fourth-order valence-electron chi connectivity index (χ4n) is 7.26. The number of carbonyl (C=O) groups excluding carboxylic acids is 2. The van der Waals surface area contributed by atoms with Gasteiger partial charge >= 0.3 is 5.97 Å². The first kappa shape index (κ1) is 18.1. The molecule has 4 rings (SSSR count). The Morgan fingerprint density at radius 1 is 1.12 bits per heavy atom. The second kappa shape index (κ2) is 6.10. The first-order valence-electron chi connectivity index (χ1n) is 9.83. The van der Waals surface area contributed by atoms with Crippen LogP contribution < -0.4 is 5.32 Å². The van der Waals surface area contributed by atoms with E-state index in [0.717, 1.165) is 32.1 Å². The molecule has 1 amide bonds. The molecule has 1 N–H and O–H groups in total. The summed E-state index contributed by atoms with van der Waals surface area (Å²) in [5, 5.41) is 3.33. The van der Waals surface area contributed by atoms with Crippen molar-refractivity contribution in [3.63, 3.8) is 0 Å². The summed E-state index contributed by atoms with van der Waals surface area (Å²) in [6.45, 7) is 4.77. The highest BCUT2D eigenvalue weighted by molar-refractivity contribution is 14.1. The number of hydrogen-bond acceptors (Lipinski definition) is 3. The summed E-state index contributed by atoms with van der Waals surface area (Å²) in [6, 6.07) is 0.342. The van der Waals surface area contributed by atoms with Crippen LogP contribution in [-0.4, -0.2) is 29.0 Å². The highest BCUT2D eigenvalue weighted by atomic mass is 127. The Balaban J connectivity index is 1.62. The number of methoxy groups -OCH3 is 1. The maximum atomic E-state index is 12.3. The van der Waals surface area contributed by atoms with Crippen LogP contribution in [0.15, 0.2) is 0 Å². The minimum Gasteiger partial charge on any atom is -0.469 e. The average Bonchev–Trinajstić information content (AvgIpc) is 2.93. The number of nitrogens with one attached hydrogen (secondary N) is 1. The topological polar surface area (TPSA) is 55.4 Å². The molecule has 140 valence electrons. The molecule has 0 spiro atoms. The smallest absolute Gasteiger partial charge is 0.309 e. The molecule has 0 aromatic heterocycles. The molecule has 3 aliphatic carbocycles. The molecule has 3 saturated carbocycles. The number of rotatable bonds is 1. The minimum absolute atomic E-state index is 0.000559. The Labute approximate surface area is 164 Å². The zero-order valence-electron chi connectivity index (χ0n) is 15.5. The molecule has 1 aliphatic heterocycles. The number of amides is 1. The summed E-state index contributed by atoms with van der Waals surface area (Å²) in [6.07, 6.45) is 7.78. The van der Waals surface area contributed by atoms with Gasteiger partial charge in [0.15, 0.2) is 0 Å². The molecule has 25 heavy (non-hydrogen) atoms. The molecule has 1 heterocycles. The van der Waals surface area contributed by atoms with Gasteiger partial charge in [0.2, 0.25) is 5.91 Å². The second-order valence-electron chi connectivity index (χ2n) is 9.39. The minimum atomic E-state index is 0.000559. The van der Waals surface area contributed by atoms with E-state index in [-0.39, 0.29) is 32.5 Å². The van der Waals surface area contributed by atoms with E-state index in [2.05, 4.69) is 41.8 Å². The van der Waals surface area contributed by atoms with Gasteiger partial charge < -0.3 is 10.1 Å². The first-order valence-corrected chi connectivity index (χ1v) is 11.1. The van der Waals surface area contributed by atoms with Crippen LogP contribution in [0.3, 0.4) is 0 Å². The number of carbonyl (C=O) groups is 2. The van der Waals surface area contributed by atoms with Gasteiger partial charge in [0.1, 0.15) is 0 Å². The van der Waals surface area contributed by atoms with Gasteiger partial charge in [-0.05, 0) is 73.5 Å². The number of halogens is 1. The third-order valence-corrected chi connectivity index (χ3v) is 9.58. The molecule has 4 fully saturated rings. The molecule has 0 bridgehead atoms. The third-order valence-electron chi connectivity index (χ3n) is 8.57. The van der Waals surface area contributed by atoms with Crippen molar-refractivity contribution < 1.29 is 14.3 Å². The van der Waals surface area contributed by atoms with Gasteiger partial charge in [-0.2, -0.15) is 0 Å². The Bertz CT molecular complexity index is 595. The first-order chi connectivity index (χ1) is 11.8. The van der Waals surface area contributed by atoms with Crippen molar-refractivity contribution >= 4 is 34.5 Å². The molecule has 5 heteroatoms. The molecule has 0 aromatic carbocycles. The zero-order valence-corrected chi connectivity index (χ0v) is 17.7. The number of hydrogen-bond donors (Lipinski definition) is 1. The Morgan fingerprint density at radius 2 is 1.84 bits per heavy atom. The summed E-state index contributed by atoms with van der Waals surface area (Å²) in [4.78, 5) is 24.5. The van der Waals surface area contributed by atoms with Gasteiger partial charge in [-0.3, -0.25) is 9.59 Å². The number of fused-ring (bicyclic) bond motifs is 5. The largest absolute Gasteiger partial charge is 0.469 e. The fourth-order valence-corrected chi connectivity index (χ4v) is 8.39. The Kier molecular flexibility index (Phi) is 4.40.